The van der Waals surface area contributed by atoms with Crippen molar-refractivity contribution in [3.05, 3.63) is 181 Å². The Kier molecular flexibility index (Phi) is 25.6. The van der Waals surface area contributed by atoms with Crippen LogP contribution in [0.4, 0.5) is 0 Å². The van der Waals surface area contributed by atoms with Gasteiger partial charge in [0.1, 0.15) is 28.2 Å². The first kappa shape index (κ1) is 73.9. The first-order valence-corrected chi connectivity index (χ1v) is 41.1. The number of nitrogens with zero attached hydrogens (tertiary/aromatic N) is 11. The molecule has 0 aromatic carbocycles. The third kappa shape index (κ3) is 15.6. The lowest BCUT2D eigenvalue weighted by molar-refractivity contribution is 0.404. The molecule has 13 nitrogen and oxygen atoms in total. The molecule has 0 bridgehead atoms. The van der Waals surface area contributed by atoms with Crippen molar-refractivity contribution in [3.63, 3.8) is 0 Å². The third-order valence-corrected chi connectivity index (χ3v) is 40.3. The summed E-state index contributed by atoms with van der Waals surface area (Å²) in [6, 6.07) is 27.1. The van der Waals surface area contributed by atoms with Gasteiger partial charge in [-0.3, -0.25) is 4.98 Å². The van der Waals surface area contributed by atoms with Crippen LogP contribution in [0.2, 0.25) is 49.9 Å². The quantitative estimate of drug-likeness (QED) is 0.0605. The molecule has 93 heavy (non-hydrogen) atoms. The zero-order valence-corrected chi connectivity index (χ0v) is 64.4. The number of aromatic amines is 2. The highest BCUT2D eigenvalue weighted by molar-refractivity contribution is 6.83. The number of hydrogen-bond donors (Lipinski definition) is 2. The molecule has 0 radical (unpaired) electrons. The first-order valence-electron chi connectivity index (χ1n) is 34.0. The van der Waals surface area contributed by atoms with Crippen LogP contribution in [0.15, 0.2) is 147 Å². The second kappa shape index (κ2) is 32.3. The minimum absolute atomic E-state index is 0.550. The van der Waals surface area contributed by atoms with E-state index in [1.807, 2.05) is 74.4 Å². The molecule has 0 amide bonds. The number of pyridine rings is 6. The van der Waals surface area contributed by atoms with E-state index in [-0.39, 0.29) is 0 Å². The van der Waals surface area contributed by atoms with E-state index in [2.05, 4.69) is 267 Å². The van der Waals surface area contributed by atoms with Crippen LogP contribution in [0, 0.1) is 6.92 Å². The van der Waals surface area contributed by atoms with E-state index in [0.29, 0.717) is 55.8 Å². The summed E-state index contributed by atoms with van der Waals surface area (Å²) in [4.78, 5) is 37.7. The second-order valence-corrected chi connectivity index (χ2v) is 46.4. The highest BCUT2D eigenvalue weighted by atomic mass is 35.5. The zero-order chi connectivity index (χ0) is 68.3. The van der Waals surface area contributed by atoms with Crippen molar-refractivity contribution in [1.29, 1.82) is 0 Å². The number of aryl methyl sites for hydroxylation is 1. The molecule has 0 saturated heterocycles. The Morgan fingerprint density at radius 3 is 1.19 bits per heavy atom. The number of H-pyrrole nitrogens is 2. The van der Waals surface area contributed by atoms with E-state index in [1.165, 1.54) is 55.0 Å². The summed E-state index contributed by atoms with van der Waals surface area (Å²) in [5, 5.41) is 6.21. The first-order chi connectivity index (χ1) is 44.1. The number of hydrogen-bond acceptors (Lipinski definition) is 8. The van der Waals surface area contributed by atoms with Gasteiger partial charge < -0.3 is 32.5 Å². The molecule has 17 heteroatoms. The van der Waals surface area contributed by atoms with Gasteiger partial charge in [0, 0.05) is 126 Å². The van der Waals surface area contributed by atoms with Crippen molar-refractivity contribution < 1.29 is 0 Å². The predicted octanol–water partition coefficient (Wildman–Crippen LogP) is 20.5. The Bertz CT molecular complexity index is 3990. The van der Waals surface area contributed by atoms with Crippen molar-refractivity contribution in [2.45, 2.75) is 207 Å². The van der Waals surface area contributed by atoms with Crippen LogP contribution in [-0.2, 0) is 25.4 Å². The average Bonchev–Trinajstić information content (AvgIpc) is 1.66. The molecule has 0 saturated carbocycles. The van der Waals surface area contributed by atoms with Crippen LogP contribution >= 0.6 is 11.6 Å². The normalized spacial score (nSPS) is 12.5. The molecule has 11 aromatic rings. The van der Waals surface area contributed by atoms with Gasteiger partial charge in [-0.15, -0.1) is 11.6 Å². The van der Waals surface area contributed by atoms with Gasteiger partial charge in [-0.25, -0.2) is 24.9 Å². The molecule has 11 heterocycles. The zero-order valence-electron chi connectivity index (χ0n) is 60.7. The van der Waals surface area contributed by atoms with Crippen LogP contribution < -0.4 is 0 Å². The molecule has 0 aliphatic heterocycles. The van der Waals surface area contributed by atoms with E-state index in [0.717, 1.165) is 53.2 Å². The lowest BCUT2D eigenvalue weighted by Gasteiger charge is -2.44. The fraction of sp³-hybridized carbons (Fsp3) is 0.474. The van der Waals surface area contributed by atoms with Crippen molar-refractivity contribution in [2.75, 3.05) is 28.2 Å². The van der Waals surface area contributed by atoms with Crippen molar-refractivity contribution >= 4 is 91.5 Å². The molecule has 0 atom stereocenters. The molecule has 0 aliphatic rings. The molecule has 0 spiro atoms. The van der Waals surface area contributed by atoms with Gasteiger partial charge in [0.15, 0.2) is 24.7 Å². The molecule has 0 aliphatic carbocycles. The lowest BCUT2D eigenvalue weighted by atomic mass is 10.1. The van der Waals surface area contributed by atoms with Gasteiger partial charge in [-0.05, 0) is 186 Å². The topological polar surface area (TPSA) is 130 Å². The summed E-state index contributed by atoms with van der Waals surface area (Å²) in [5.74, 6) is 0.550. The van der Waals surface area contributed by atoms with Crippen LogP contribution in [0.5, 0.6) is 0 Å². The maximum absolute atomic E-state index is 6.18. The molecule has 0 unspecified atom stereocenters. The highest BCUT2D eigenvalue weighted by Gasteiger charge is 2.49. The summed E-state index contributed by atoms with van der Waals surface area (Å²) in [6.45, 7) is 47.1. The Labute approximate surface area is 565 Å². The number of nitrogens with one attached hydrogen (secondary N) is 2. The van der Waals surface area contributed by atoms with Gasteiger partial charge in [0.05, 0.1) is 0 Å². The smallest absolute Gasteiger partial charge is 0.171 e. The molecular formula is C76H112ClN13Si3. The number of halogens is 1. The van der Waals surface area contributed by atoms with Crippen LogP contribution in [0.1, 0.15) is 158 Å². The Morgan fingerprint density at radius 1 is 0.409 bits per heavy atom. The molecule has 11 aromatic heterocycles. The van der Waals surface area contributed by atoms with Crippen molar-refractivity contribution in [2.24, 2.45) is 0 Å². The van der Waals surface area contributed by atoms with Gasteiger partial charge in [-0.1, -0.05) is 131 Å². The second-order valence-electron chi connectivity index (χ2n) is 29.0. The summed E-state index contributed by atoms with van der Waals surface area (Å²) >= 11 is 6.18. The maximum Gasteiger partial charge on any atom is 0.171 e. The number of alkyl halides is 1. The SMILES string of the molecule is CC(C)[Si](C(C)C)(C(C)C)n1cc(CCl)c2cccnc21.CC(C)[Si](C(C)C)(C(C)C)n1cc(CN(C)C)c2cccnc21.CN(C)Cc1c[nH]c2ncccc12.Cc1ccc(Cc2cn([Si](C(C)C)(C(C)C)C(C)C)c3ncccc23)cn1.c1cnc2[nH]ccc2c1. The molecule has 11 rings (SSSR count). The van der Waals surface area contributed by atoms with E-state index < -0.39 is 24.7 Å². The van der Waals surface area contributed by atoms with Gasteiger partial charge in [0.2, 0.25) is 0 Å². The van der Waals surface area contributed by atoms with E-state index in [4.69, 9.17) is 26.6 Å². The highest BCUT2D eigenvalue weighted by Crippen LogP contribution is 2.47. The van der Waals surface area contributed by atoms with Crippen molar-refractivity contribution in [3.8, 4) is 0 Å². The summed E-state index contributed by atoms with van der Waals surface area (Å²) < 4.78 is 7.79. The van der Waals surface area contributed by atoms with Crippen LogP contribution in [-0.4, -0.2) is 115 Å². The molecule has 0 fully saturated rings. The fourth-order valence-corrected chi connectivity index (χ4v) is 36.7. The lowest BCUT2D eigenvalue weighted by Crippen LogP contribution is -2.51. The van der Waals surface area contributed by atoms with E-state index >= 15 is 0 Å². The number of aromatic nitrogens is 11. The number of rotatable bonds is 19. The summed E-state index contributed by atoms with van der Waals surface area (Å²) in [5.41, 5.74) is 18.9. The summed E-state index contributed by atoms with van der Waals surface area (Å²) in [6.07, 6.45) is 23.3. The fourth-order valence-electron chi connectivity index (χ4n) is 16.7. The van der Waals surface area contributed by atoms with E-state index in [9.17, 15) is 0 Å². The molecular weight excluding hydrogens is 1210 g/mol. The Hall–Kier alpha value is -6.54. The predicted molar refractivity (Wildman–Crippen MR) is 407 cm³/mol. The minimum Gasteiger partial charge on any atom is -0.358 e. The van der Waals surface area contributed by atoms with Crippen LogP contribution in [0.25, 0.3) is 55.2 Å². The Morgan fingerprint density at radius 2 is 0.785 bits per heavy atom. The largest absolute Gasteiger partial charge is 0.358 e. The third-order valence-electron chi connectivity index (χ3n) is 19.9. The standard InChI is InChI=1S/C23H33N3Si.C19H33N3Si.C17H27ClN2Si.C10H13N3.C7H6N2/c1-16(2)27(17(3)4,18(5)6)26-15-21(22-9-8-12-24-23(22)26)13-20-11-10-19(7)25-14-20;1-14(2)23(15(3)4,16(5)6)22-13-17(12-21(7)8)18-10-9-11-20-19(18)22;1-12(2)21(13(3)4,14(5)6)20-11-15(10-18)16-8-7-9-19-17(16)20;1-13(2)7-8-6-12-10-9(8)4-3-5-11-10;1-2-6-3-5-9-7(6)8-4-1/h8-12,14-18H,13H2,1-7H3;9-11,13-16H,12H2,1-8H3;7-9,11-14H,10H2,1-6H3;3-6H,7H2,1-2H3,(H,11,12);1-5H,(H,8,9). The van der Waals surface area contributed by atoms with Gasteiger partial charge in [0.25, 0.3) is 0 Å². The van der Waals surface area contributed by atoms with Crippen LogP contribution in [0.3, 0.4) is 0 Å². The number of fused-ring (bicyclic) bond motifs is 5. The molecule has 2 N–H and O–H groups in total. The maximum atomic E-state index is 6.18. The molecule has 500 valence electrons. The van der Waals surface area contributed by atoms with E-state index in [1.54, 1.807) is 12.4 Å². The monoisotopic (exact) mass is 1330 g/mol. The van der Waals surface area contributed by atoms with Crippen molar-refractivity contribution in [1.82, 2.24) is 62.4 Å². The summed E-state index contributed by atoms with van der Waals surface area (Å²) in [7, 11) is 3.04. The average molecular weight is 1330 g/mol. The van der Waals surface area contributed by atoms with Gasteiger partial charge >= 0.3 is 0 Å². The minimum atomic E-state index is -1.83. The van der Waals surface area contributed by atoms with Gasteiger partial charge in [-0.2, -0.15) is 0 Å². The Balaban J connectivity index is 0.000000171.